The first kappa shape index (κ1) is 12.3. The second kappa shape index (κ2) is 4.75. The van der Waals surface area contributed by atoms with Gasteiger partial charge in [0.15, 0.2) is 0 Å². The predicted octanol–water partition coefficient (Wildman–Crippen LogP) is 2.01. The highest BCUT2D eigenvalue weighted by Crippen LogP contribution is 2.29. The van der Waals surface area contributed by atoms with Crippen LogP contribution in [0.4, 0.5) is 0 Å². The predicted molar refractivity (Wildman–Crippen MR) is 70.4 cm³/mol. The van der Waals surface area contributed by atoms with Gasteiger partial charge in [0.25, 0.3) is 0 Å². The highest BCUT2D eigenvalue weighted by molar-refractivity contribution is 5.54. The Morgan fingerprint density at radius 2 is 1.84 bits per heavy atom. The monoisotopic (exact) mass is 259 g/mol. The molecule has 2 heterocycles. The summed E-state index contributed by atoms with van der Waals surface area (Å²) in [5.41, 5.74) is 7.91. The van der Waals surface area contributed by atoms with Gasteiger partial charge in [-0.15, -0.1) is 0 Å². The minimum Gasteiger partial charge on any atom is -0.381 e. The Morgan fingerprint density at radius 1 is 1.16 bits per heavy atom. The van der Waals surface area contributed by atoms with E-state index in [1.54, 1.807) is 0 Å². The van der Waals surface area contributed by atoms with Crippen molar-refractivity contribution in [3.63, 3.8) is 0 Å². The molecule has 0 spiro atoms. The summed E-state index contributed by atoms with van der Waals surface area (Å²) < 4.78 is 10.7. The van der Waals surface area contributed by atoms with E-state index >= 15 is 0 Å². The standard InChI is InChI=1S/C14H17N3O2/c1-10-2-4-11(5-3-10)12-16-13(19-17-12)14(15)6-8-18-9-7-14/h2-5H,6-9,15H2,1H3. The smallest absolute Gasteiger partial charge is 0.247 e. The number of ether oxygens (including phenoxy) is 1. The molecule has 1 aromatic heterocycles. The maximum Gasteiger partial charge on any atom is 0.247 e. The first-order valence-corrected chi connectivity index (χ1v) is 6.45. The lowest BCUT2D eigenvalue weighted by Gasteiger charge is -2.29. The number of hydrogen-bond donors (Lipinski definition) is 1. The number of hydrogen-bond acceptors (Lipinski definition) is 5. The van der Waals surface area contributed by atoms with Crippen molar-refractivity contribution in [2.75, 3.05) is 13.2 Å². The van der Waals surface area contributed by atoms with Gasteiger partial charge in [-0.25, -0.2) is 0 Å². The zero-order valence-corrected chi connectivity index (χ0v) is 10.9. The molecule has 0 saturated carbocycles. The quantitative estimate of drug-likeness (QED) is 0.893. The third-order valence-electron chi connectivity index (χ3n) is 3.55. The van der Waals surface area contributed by atoms with Gasteiger partial charge in [0.1, 0.15) is 5.54 Å². The molecule has 0 bridgehead atoms. The minimum absolute atomic E-state index is 0.506. The normalized spacial score (nSPS) is 18.4. The SMILES string of the molecule is Cc1ccc(-c2noc(C3(N)CCOCC3)n2)cc1. The minimum atomic E-state index is -0.547. The van der Waals surface area contributed by atoms with Crippen LogP contribution in [0.1, 0.15) is 24.3 Å². The van der Waals surface area contributed by atoms with Gasteiger partial charge in [-0.3, -0.25) is 0 Å². The van der Waals surface area contributed by atoms with Crippen molar-refractivity contribution in [2.24, 2.45) is 5.73 Å². The van der Waals surface area contributed by atoms with Crippen molar-refractivity contribution < 1.29 is 9.26 Å². The van der Waals surface area contributed by atoms with Gasteiger partial charge in [-0.2, -0.15) is 4.98 Å². The zero-order chi connectivity index (χ0) is 13.3. The largest absolute Gasteiger partial charge is 0.381 e. The van der Waals surface area contributed by atoms with Gasteiger partial charge >= 0.3 is 0 Å². The Kier molecular flexibility index (Phi) is 3.08. The lowest BCUT2D eigenvalue weighted by atomic mass is 9.91. The summed E-state index contributed by atoms with van der Waals surface area (Å²) in [6.07, 6.45) is 1.42. The molecule has 0 atom stereocenters. The van der Waals surface area contributed by atoms with E-state index < -0.39 is 5.54 Å². The van der Waals surface area contributed by atoms with Crippen LogP contribution >= 0.6 is 0 Å². The average Bonchev–Trinajstić information content (AvgIpc) is 2.91. The molecule has 19 heavy (non-hydrogen) atoms. The summed E-state index contributed by atoms with van der Waals surface area (Å²) in [7, 11) is 0. The van der Waals surface area contributed by atoms with Crippen molar-refractivity contribution in [1.29, 1.82) is 0 Å². The number of aryl methyl sites for hydroxylation is 1. The molecule has 1 fully saturated rings. The topological polar surface area (TPSA) is 74.2 Å². The van der Waals surface area contributed by atoms with Gasteiger partial charge < -0.3 is 15.0 Å². The summed E-state index contributed by atoms with van der Waals surface area (Å²) in [4.78, 5) is 4.45. The Balaban J connectivity index is 1.88. The molecule has 2 aromatic rings. The molecular weight excluding hydrogens is 242 g/mol. The van der Waals surface area contributed by atoms with E-state index in [-0.39, 0.29) is 0 Å². The number of nitrogens with zero attached hydrogens (tertiary/aromatic N) is 2. The molecule has 0 radical (unpaired) electrons. The summed E-state index contributed by atoms with van der Waals surface area (Å²) >= 11 is 0. The fourth-order valence-corrected chi connectivity index (χ4v) is 2.20. The fraction of sp³-hybridized carbons (Fsp3) is 0.429. The fourth-order valence-electron chi connectivity index (χ4n) is 2.20. The van der Waals surface area contributed by atoms with E-state index in [1.807, 2.05) is 31.2 Å². The van der Waals surface area contributed by atoms with E-state index in [2.05, 4.69) is 10.1 Å². The second-order valence-corrected chi connectivity index (χ2v) is 5.06. The highest BCUT2D eigenvalue weighted by Gasteiger charge is 2.35. The van der Waals surface area contributed by atoms with E-state index in [0.717, 1.165) is 5.56 Å². The van der Waals surface area contributed by atoms with Crippen LogP contribution in [0.2, 0.25) is 0 Å². The maximum absolute atomic E-state index is 6.32. The molecule has 0 unspecified atom stereocenters. The van der Waals surface area contributed by atoms with Crippen LogP contribution < -0.4 is 5.73 Å². The number of aromatic nitrogens is 2. The molecule has 5 heteroatoms. The molecule has 1 aliphatic heterocycles. The third kappa shape index (κ3) is 2.39. The van der Waals surface area contributed by atoms with Crippen LogP contribution in [0.25, 0.3) is 11.4 Å². The summed E-state index contributed by atoms with van der Waals surface area (Å²) in [5.74, 6) is 1.10. The van der Waals surface area contributed by atoms with E-state index in [1.165, 1.54) is 5.56 Å². The highest BCUT2D eigenvalue weighted by atomic mass is 16.5. The Hall–Kier alpha value is -1.72. The van der Waals surface area contributed by atoms with Gasteiger partial charge in [-0.05, 0) is 19.8 Å². The maximum atomic E-state index is 6.32. The molecule has 100 valence electrons. The number of rotatable bonds is 2. The first-order chi connectivity index (χ1) is 9.17. The second-order valence-electron chi connectivity index (χ2n) is 5.06. The lowest BCUT2D eigenvalue weighted by Crippen LogP contribution is -2.42. The van der Waals surface area contributed by atoms with E-state index in [4.69, 9.17) is 15.0 Å². The molecule has 1 saturated heterocycles. The van der Waals surface area contributed by atoms with E-state index in [0.29, 0.717) is 37.8 Å². The van der Waals surface area contributed by atoms with Gasteiger partial charge in [0.05, 0.1) is 0 Å². The van der Waals surface area contributed by atoms with Gasteiger partial charge in [0, 0.05) is 18.8 Å². The van der Waals surface area contributed by atoms with Crippen LogP contribution in [-0.4, -0.2) is 23.4 Å². The Morgan fingerprint density at radius 3 is 2.53 bits per heavy atom. The molecular formula is C14H17N3O2. The molecule has 0 aliphatic carbocycles. The van der Waals surface area contributed by atoms with Gasteiger partial charge in [-0.1, -0.05) is 35.0 Å². The Labute approximate surface area is 111 Å². The molecule has 5 nitrogen and oxygen atoms in total. The molecule has 0 amide bonds. The van der Waals surface area contributed by atoms with Crippen molar-refractivity contribution in [3.8, 4) is 11.4 Å². The zero-order valence-electron chi connectivity index (χ0n) is 10.9. The van der Waals surface area contributed by atoms with Crippen molar-refractivity contribution in [1.82, 2.24) is 10.1 Å². The summed E-state index contributed by atoms with van der Waals surface area (Å²) in [6.45, 7) is 3.32. The van der Waals surface area contributed by atoms with Crippen LogP contribution in [-0.2, 0) is 10.3 Å². The third-order valence-corrected chi connectivity index (χ3v) is 3.55. The number of benzene rings is 1. The van der Waals surface area contributed by atoms with Crippen LogP contribution in [0.15, 0.2) is 28.8 Å². The molecule has 3 rings (SSSR count). The van der Waals surface area contributed by atoms with Crippen LogP contribution in [0.5, 0.6) is 0 Å². The van der Waals surface area contributed by atoms with Crippen molar-refractivity contribution in [2.45, 2.75) is 25.3 Å². The summed E-state index contributed by atoms with van der Waals surface area (Å²) in [5, 5.41) is 4.03. The summed E-state index contributed by atoms with van der Waals surface area (Å²) in [6, 6.07) is 8.02. The lowest BCUT2D eigenvalue weighted by molar-refractivity contribution is 0.0400. The first-order valence-electron chi connectivity index (χ1n) is 6.45. The average molecular weight is 259 g/mol. The van der Waals surface area contributed by atoms with Crippen LogP contribution in [0, 0.1) is 6.92 Å². The molecule has 1 aliphatic rings. The van der Waals surface area contributed by atoms with E-state index in [9.17, 15) is 0 Å². The Bertz CT molecular complexity index is 556. The van der Waals surface area contributed by atoms with Crippen molar-refractivity contribution >= 4 is 0 Å². The van der Waals surface area contributed by atoms with Crippen LogP contribution in [0.3, 0.4) is 0 Å². The van der Waals surface area contributed by atoms with Crippen molar-refractivity contribution in [3.05, 3.63) is 35.7 Å². The molecule has 1 aromatic carbocycles. The van der Waals surface area contributed by atoms with Gasteiger partial charge in [0.2, 0.25) is 11.7 Å². The molecule has 2 N–H and O–H groups in total. The number of nitrogens with two attached hydrogens (primary N) is 1.